The highest BCUT2D eigenvalue weighted by Gasteiger charge is 2.32. The molecule has 224 valence electrons. The van der Waals surface area contributed by atoms with Crippen LogP contribution in [-0.2, 0) is 23.1 Å². The largest absolute Gasteiger partial charge is 0.487 e. The van der Waals surface area contributed by atoms with E-state index in [-0.39, 0.29) is 42.1 Å². The van der Waals surface area contributed by atoms with Crippen LogP contribution in [0, 0.1) is 5.92 Å². The predicted molar refractivity (Wildman–Crippen MR) is 152 cm³/mol. The molecule has 1 aliphatic heterocycles. The highest BCUT2D eigenvalue weighted by Crippen LogP contribution is 2.35. The smallest absolute Gasteiger partial charge is 0.431 e. The van der Waals surface area contributed by atoms with Gasteiger partial charge in [-0.3, -0.25) is 10.2 Å². The molecule has 3 aromatic rings. The fourth-order valence-corrected chi connectivity index (χ4v) is 6.92. The Bertz CT molecular complexity index is 1450. The van der Waals surface area contributed by atoms with Gasteiger partial charge in [0, 0.05) is 25.4 Å². The first-order valence-electron chi connectivity index (χ1n) is 14.0. The van der Waals surface area contributed by atoms with Gasteiger partial charge in [-0.05, 0) is 73.6 Å². The van der Waals surface area contributed by atoms with Crippen molar-refractivity contribution in [1.29, 1.82) is 0 Å². The van der Waals surface area contributed by atoms with Crippen molar-refractivity contribution in [2.45, 2.75) is 56.1 Å². The molecule has 0 saturated heterocycles. The molecule has 1 unspecified atom stereocenters. The van der Waals surface area contributed by atoms with E-state index in [0.717, 1.165) is 36.9 Å². The Morgan fingerprint density at radius 1 is 1.05 bits per heavy atom. The molecule has 2 heterocycles. The van der Waals surface area contributed by atoms with Crippen molar-refractivity contribution in [2.75, 3.05) is 19.9 Å². The Morgan fingerprint density at radius 3 is 2.52 bits per heavy atom. The summed E-state index contributed by atoms with van der Waals surface area (Å²) < 4.78 is 45.5. The van der Waals surface area contributed by atoms with Gasteiger partial charge in [0.05, 0.1) is 16.6 Å². The maximum Gasteiger partial charge on any atom is 0.431 e. The van der Waals surface area contributed by atoms with Gasteiger partial charge in [0.1, 0.15) is 12.4 Å². The van der Waals surface area contributed by atoms with Crippen molar-refractivity contribution in [3.63, 3.8) is 0 Å². The zero-order chi connectivity index (χ0) is 29.5. The summed E-state index contributed by atoms with van der Waals surface area (Å²) in [6.07, 6.45) is 4.45. The first-order chi connectivity index (χ1) is 20.3. The average molecular weight is 598 g/mol. The normalized spacial score (nSPS) is 15.6. The summed E-state index contributed by atoms with van der Waals surface area (Å²) >= 11 is 0. The van der Waals surface area contributed by atoms with Crippen molar-refractivity contribution < 1.29 is 37.7 Å². The molecule has 1 aromatic heterocycles. The van der Waals surface area contributed by atoms with E-state index >= 15 is 0 Å². The number of sulfonamides is 1. The van der Waals surface area contributed by atoms with Crippen LogP contribution in [0.1, 0.15) is 43.4 Å². The monoisotopic (exact) mass is 597 g/mol. The van der Waals surface area contributed by atoms with Crippen LogP contribution < -0.4 is 14.2 Å². The second-order valence-electron chi connectivity index (χ2n) is 10.6. The van der Waals surface area contributed by atoms with Gasteiger partial charge in [0.25, 0.3) is 0 Å². The molecule has 2 N–H and O–H groups in total. The summed E-state index contributed by atoms with van der Waals surface area (Å²) in [5.74, 6) is 1.70. The fraction of sp³-hybridized carbons (Fsp3) is 0.400. The highest BCUT2D eigenvalue weighted by atomic mass is 32.2. The van der Waals surface area contributed by atoms with Crippen LogP contribution in [0.5, 0.6) is 17.2 Å². The summed E-state index contributed by atoms with van der Waals surface area (Å²) in [6, 6.07) is 16.4. The third-order valence-corrected chi connectivity index (χ3v) is 9.54. The number of nitrogens with zero attached hydrogens (tertiary/aromatic N) is 3. The molecule has 1 fully saturated rings. The van der Waals surface area contributed by atoms with Crippen LogP contribution in [0.2, 0.25) is 0 Å². The maximum absolute atomic E-state index is 13.8. The zero-order valence-corrected chi connectivity index (χ0v) is 24.0. The maximum atomic E-state index is 13.8. The predicted octanol–water partition coefficient (Wildman–Crippen LogP) is 4.94. The summed E-state index contributed by atoms with van der Waals surface area (Å²) in [5, 5.41) is 20.3. The molecule has 42 heavy (non-hydrogen) atoms. The molecule has 0 radical (unpaired) electrons. The molecular formula is C30H35N3O8S. The van der Waals surface area contributed by atoms with E-state index in [9.17, 15) is 23.5 Å². The van der Waals surface area contributed by atoms with Crippen LogP contribution >= 0.6 is 0 Å². The zero-order valence-electron chi connectivity index (χ0n) is 23.2. The third kappa shape index (κ3) is 7.30. The number of benzene rings is 2. The molecule has 11 nitrogen and oxygen atoms in total. The van der Waals surface area contributed by atoms with E-state index < -0.39 is 22.2 Å². The average Bonchev–Trinajstić information content (AvgIpc) is 3.70. The Hall–Kier alpha value is -3.87. The molecule has 12 heteroatoms. The minimum Gasteiger partial charge on any atom is -0.487 e. The van der Waals surface area contributed by atoms with Crippen LogP contribution in [0.4, 0.5) is 4.79 Å². The number of fused-ring (bicyclic) bond motifs is 1. The molecule has 5 rings (SSSR count). The number of carbonyl (C=O) groups is 1. The second-order valence-corrected chi connectivity index (χ2v) is 12.5. The number of rotatable bonds is 13. The number of aromatic nitrogens is 1. The quantitative estimate of drug-likeness (QED) is 0.207. The summed E-state index contributed by atoms with van der Waals surface area (Å²) in [5.41, 5.74) is 1.56. The van der Waals surface area contributed by atoms with Crippen molar-refractivity contribution in [2.24, 2.45) is 5.92 Å². The van der Waals surface area contributed by atoms with E-state index in [0.29, 0.717) is 30.4 Å². The number of hydroxylamine groups is 2. The minimum atomic E-state index is -3.93. The topological polar surface area (TPSA) is 139 Å². The Balaban J connectivity index is 1.29. The SMILES string of the molecule is O=C(O)N(O)C(CCN(CC1CCCC1)S(=O)(=O)c1ccc2c(c1)OCO2)Cc1ccc(OCc2ccccn2)cc1. The third-order valence-electron chi connectivity index (χ3n) is 7.68. The van der Waals surface area contributed by atoms with E-state index in [4.69, 9.17) is 14.2 Å². The van der Waals surface area contributed by atoms with Gasteiger partial charge in [0.2, 0.25) is 16.8 Å². The number of amides is 1. The fourth-order valence-electron chi connectivity index (χ4n) is 5.37. The van der Waals surface area contributed by atoms with Crippen LogP contribution in [-0.4, -0.2) is 65.1 Å². The molecule has 1 saturated carbocycles. The summed E-state index contributed by atoms with van der Waals surface area (Å²) in [6.45, 7) is 0.698. The van der Waals surface area contributed by atoms with Crippen molar-refractivity contribution >= 4 is 16.1 Å². The first-order valence-corrected chi connectivity index (χ1v) is 15.5. The summed E-state index contributed by atoms with van der Waals surface area (Å²) in [7, 11) is -3.93. The minimum absolute atomic E-state index is 0.0329. The van der Waals surface area contributed by atoms with Gasteiger partial charge in [-0.1, -0.05) is 31.0 Å². The molecule has 0 spiro atoms. The first kappa shape index (κ1) is 29.6. The lowest BCUT2D eigenvalue weighted by molar-refractivity contribution is -0.0984. The Morgan fingerprint density at radius 2 is 1.81 bits per heavy atom. The molecule has 1 amide bonds. The number of ether oxygens (including phenoxy) is 3. The van der Waals surface area contributed by atoms with E-state index in [1.165, 1.54) is 16.4 Å². The molecule has 1 atom stereocenters. The molecule has 0 bridgehead atoms. The van der Waals surface area contributed by atoms with Gasteiger partial charge < -0.3 is 19.3 Å². The standard InChI is InChI=1S/C30H35N3O8S/c34-30(35)33(36)25(17-22-8-10-26(11-9-22)39-20-24-7-3-4-15-31-24)14-16-32(19-23-5-1-2-6-23)42(37,38)27-12-13-28-29(18-27)41-21-40-28/h3-4,7-13,15,18,23,25,36H,1-2,5-6,14,16-17,19-21H2,(H,34,35). The molecule has 1 aliphatic carbocycles. The van der Waals surface area contributed by atoms with Crippen LogP contribution in [0.25, 0.3) is 0 Å². The van der Waals surface area contributed by atoms with Crippen LogP contribution in [0.15, 0.2) is 71.8 Å². The molecule has 2 aliphatic rings. The van der Waals surface area contributed by atoms with Gasteiger partial charge >= 0.3 is 6.09 Å². The Labute approximate surface area is 245 Å². The van der Waals surface area contributed by atoms with Gasteiger partial charge in [-0.2, -0.15) is 9.37 Å². The summed E-state index contributed by atoms with van der Waals surface area (Å²) in [4.78, 5) is 16.1. The van der Waals surface area contributed by atoms with Crippen molar-refractivity contribution in [3.8, 4) is 17.2 Å². The molecular weight excluding hydrogens is 562 g/mol. The van der Waals surface area contributed by atoms with Gasteiger partial charge in [-0.15, -0.1) is 0 Å². The molecule has 2 aromatic carbocycles. The van der Waals surface area contributed by atoms with E-state index in [1.807, 2.05) is 18.2 Å². The lowest BCUT2D eigenvalue weighted by Gasteiger charge is -2.29. The van der Waals surface area contributed by atoms with E-state index in [2.05, 4.69) is 4.98 Å². The van der Waals surface area contributed by atoms with Crippen LogP contribution in [0.3, 0.4) is 0 Å². The highest BCUT2D eigenvalue weighted by molar-refractivity contribution is 7.89. The number of hydrogen-bond donors (Lipinski definition) is 2. The van der Waals surface area contributed by atoms with Gasteiger partial charge in [-0.25, -0.2) is 13.2 Å². The number of hydrogen-bond acceptors (Lipinski definition) is 8. The lowest BCUT2D eigenvalue weighted by atomic mass is 10.0. The van der Waals surface area contributed by atoms with E-state index in [1.54, 1.807) is 36.5 Å². The number of pyridine rings is 1. The van der Waals surface area contributed by atoms with Crippen molar-refractivity contribution in [1.82, 2.24) is 14.4 Å². The lowest BCUT2D eigenvalue weighted by Crippen LogP contribution is -2.42. The number of carboxylic acid groups (broad SMARTS) is 1. The second kappa shape index (κ2) is 13.4. The Kier molecular flexibility index (Phi) is 9.45. The van der Waals surface area contributed by atoms with Crippen molar-refractivity contribution in [3.05, 3.63) is 78.1 Å². The van der Waals surface area contributed by atoms with Gasteiger partial charge in [0.15, 0.2) is 11.5 Å².